The zero-order valence-electron chi connectivity index (χ0n) is 31.7. The fraction of sp³-hybridized carbons (Fsp3) is 0.395. The number of thioether (sulfide) groups is 1. The van der Waals surface area contributed by atoms with Crippen molar-refractivity contribution >= 4 is 28.6 Å². The lowest BCUT2D eigenvalue weighted by atomic mass is 10.0. The predicted molar refractivity (Wildman–Crippen MR) is 210 cm³/mol. The molecule has 1 heterocycles. The molecule has 1 aromatic heterocycles. The van der Waals surface area contributed by atoms with Crippen molar-refractivity contribution in [3.05, 3.63) is 124 Å². The maximum atomic E-state index is 14.6. The second kappa shape index (κ2) is 21.2. The molecular weight excluding hydrogens is 736 g/mol. The summed E-state index contributed by atoms with van der Waals surface area (Å²) >= 11 is 1.15. The monoisotopic (exact) mass is 784 g/mol. The highest BCUT2D eigenvalue weighted by molar-refractivity contribution is 7.99. The average Bonchev–Trinajstić information content (AvgIpc) is 3.17. The van der Waals surface area contributed by atoms with Crippen LogP contribution in [-0.4, -0.2) is 47.3 Å². The molecule has 0 bridgehead atoms. The van der Waals surface area contributed by atoms with Crippen molar-refractivity contribution in [3.8, 4) is 11.1 Å². The Bertz CT molecular complexity index is 1950. The molecule has 1 aliphatic rings. The number of nitrogens with zero attached hydrogens (tertiary/aromatic N) is 2. The van der Waals surface area contributed by atoms with Gasteiger partial charge >= 0.3 is 6.18 Å². The molecule has 0 N–H and O–H groups in total. The molecule has 0 radical (unpaired) electrons. The number of ether oxygens (including phenoxy) is 1. The predicted octanol–water partition coefficient (Wildman–Crippen LogP) is 11.3. The first-order chi connectivity index (χ1) is 26.4. The zero-order chi connectivity index (χ0) is 40.0. The van der Waals surface area contributed by atoms with Gasteiger partial charge in [-0.15, -0.1) is 11.8 Å². The lowest BCUT2D eigenvalue weighted by Gasteiger charge is -2.28. The topological polar surface area (TPSA) is 60.8 Å². The van der Waals surface area contributed by atoms with E-state index in [-0.39, 0.29) is 48.3 Å². The number of hydroxylamine groups is 2. The SMILES string of the molecule is CCCC(CCC)ON(Cc1ccc(-c2ccc(C(F)(F)F)cc2)cc1)C(=O)Cn1c(SCC2=C(F)C(F)CC=C2)cc(=O)c2ccccc21.CCCOC. The second-order valence-corrected chi connectivity index (χ2v) is 14.2. The Morgan fingerprint density at radius 1 is 0.945 bits per heavy atom. The van der Waals surface area contributed by atoms with Crippen LogP contribution in [0.2, 0.25) is 0 Å². The Balaban J connectivity index is 0.00000126. The smallest absolute Gasteiger partial charge is 0.385 e. The van der Waals surface area contributed by atoms with Gasteiger partial charge in [-0.2, -0.15) is 13.2 Å². The van der Waals surface area contributed by atoms with Crippen LogP contribution in [0, 0.1) is 0 Å². The Kier molecular flexibility index (Phi) is 16.7. The van der Waals surface area contributed by atoms with E-state index in [0.717, 1.165) is 73.7 Å². The van der Waals surface area contributed by atoms with E-state index < -0.39 is 23.7 Å². The quantitative estimate of drug-likeness (QED) is 0.0643. The van der Waals surface area contributed by atoms with Gasteiger partial charge in [-0.3, -0.25) is 14.4 Å². The molecule has 0 fully saturated rings. The number of hydrogen-bond acceptors (Lipinski definition) is 5. The molecule has 0 saturated carbocycles. The maximum Gasteiger partial charge on any atom is 0.416 e. The number of benzene rings is 3. The van der Waals surface area contributed by atoms with E-state index in [1.54, 1.807) is 72.4 Å². The number of halogens is 5. The molecule has 0 saturated heterocycles. The van der Waals surface area contributed by atoms with E-state index in [1.807, 2.05) is 13.8 Å². The van der Waals surface area contributed by atoms with E-state index in [0.29, 0.717) is 21.5 Å². The van der Waals surface area contributed by atoms with Gasteiger partial charge < -0.3 is 9.30 Å². The van der Waals surface area contributed by atoms with Crippen LogP contribution < -0.4 is 5.43 Å². The van der Waals surface area contributed by atoms with Gasteiger partial charge in [0.25, 0.3) is 5.91 Å². The van der Waals surface area contributed by atoms with Crippen molar-refractivity contribution in [2.45, 2.75) is 95.9 Å². The van der Waals surface area contributed by atoms with E-state index in [9.17, 15) is 31.5 Å². The van der Waals surface area contributed by atoms with E-state index >= 15 is 0 Å². The number of aromatic nitrogens is 1. The Hall–Kier alpha value is -4.26. The van der Waals surface area contributed by atoms with Crippen LogP contribution >= 0.6 is 11.8 Å². The third-order valence-electron chi connectivity index (χ3n) is 8.90. The number of pyridine rings is 1. The summed E-state index contributed by atoms with van der Waals surface area (Å²) < 4.78 is 74.2. The van der Waals surface area contributed by atoms with Crippen molar-refractivity contribution < 1.29 is 36.3 Å². The molecule has 0 aliphatic heterocycles. The lowest BCUT2D eigenvalue weighted by molar-refractivity contribution is -0.213. The highest BCUT2D eigenvalue weighted by atomic mass is 32.2. The van der Waals surface area contributed by atoms with Gasteiger partial charge in [-0.1, -0.05) is 94.3 Å². The first kappa shape index (κ1) is 43.5. The van der Waals surface area contributed by atoms with E-state index in [2.05, 4.69) is 6.92 Å². The summed E-state index contributed by atoms with van der Waals surface area (Å²) in [5.74, 6) is -1.14. The zero-order valence-corrected chi connectivity index (χ0v) is 32.5. The fourth-order valence-corrected chi connectivity index (χ4v) is 7.11. The van der Waals surface area contributed by atoms with Crippen LogP contribution in [0.4, 0.5) is 22.0 Å². The number of para-hydroxylation sites is 1. The maximum absolute atomic E-state index is 14.6. The third-order valence-corrected chi connectivity index (χ3v) is 9.99. The molecule has 12 heteroatoms. The van der Waals surface area contributed by atoms with Crippen LogP contribution in [-0.2, 0) is 33.6 Å². The molecule has 4 aromatic rings. The Labute approximate surface area is 324 Å². The average molecular weight is 785 g/mol. The van der Waals surface area contributed by atoms with Crippen LogP contribution in [0.25, 0.3) is 22.0 Å². The number of allylic oxidation sites excluding steroid dienone is 3. The minimum Gasteiger partial charge on any atom is -0.385 e. The van der Waals surface area contributed by atoms with Crippen LogP contribution in [0.5, 0.6) is 0 Å². The number of amides is 1. The number of fused-ring (bicyclic) bond motifs is 1. The molecule has 6 nitrogen and oxygen atoms in total. The number of alkyl halides is 4. The highest BCUT2D eigenvalue weighted by Crippen LogP contribution is 2.32. The molecule has 296 valence electrons. The van der Waals surface area contributed by atoms with Crippen molar-refractivity contribution in [2.24, 2.45) is 0 Å². The van der Waals surface area contributed by atoms with E-state index in [1.165, 1.54) is 23.3 Å². The van der Waals surface area contributed by atoms with Crippen molar-refractivity contribution in [3.63, 3.8) is 0 Å². The largest absolute Gasteiger partial charge is 0.416 e. The van der Waals surface area contributed by atoms with Gasteiger partial charge in [-0.25, -0.2) is 13.8 Å². The van der Waals surface area contributed by atoms with Gasteiger partial charge in [0.2, 0.25) is 0 Å². The molecule has 1 amide bonds. The summed E-state index contributed by atoms with van der Waals surface area (Å²) in [4.78, 5) is 33.7. The minimum atomic E-state index is -4.42. The first-order valence-electron chi connectivity index (χ1n) is 18.6. The number of rotatable bonds is 16. The molecular formula is C43H49F5N2O4S. The number of carbonyl (C=O) groups excluding carboxylic acids is 1. The number of hydrogen-bond donors (Lipinski definition) is 0. The summed E-state index contributed by atoms with van der Waals surface area (Å²) in [7, 11) is 1.71. The molecule has 0 spiro atoms. The molecule has 55 heavy (non-hydrogen) atoms. The molecule has 3 aromatic carbocycles. The molecule has 1 unspecified atom stereocenters. The van der Waals surface area contributed by atoms with Crippen LogP contribution in [0.15, 0.2) is 112 Å². The van der Waals surface area contributed by atoms with E-state index in [4.69, 9.17) is 9.57 Å². The van der Waals surface area contributed by atoms with Gasteiger partial charge in [0.1, 0.15) is 12.4 Å². The fourth-order valence-electron chi connectivity index (χ4n) is 6.07. The van der Waals surface area contributed by atoms with Gasteiger partial charge in [0, 0.05) is 37.3 Å². The standard InChI is InChI=1S/C39H39F5N2O3S.C4H10O/c1-3-8-31(9-4-2)49-46(23-26-14-16-27(17-15-26)28-18-20-30(21-19-28)39(42,43)44)36(48)24-45-34-13-6-5-11-32(34)35(47)22-37(45)50-25-29-10-7-12-33(40)38(29)41;1-3-4-5-2/h5-7,10-11,13-22,31,33H,3-4,8-9,12,23-25H2,1-2H3;3-4H2,1-2H3. The van der Waals surface area contributed by atoms with Crippen molar-refractivity contribution in [2.75, 3.05) is 19.5 Å². The molecule has 1 atom stereocenters. The molecule has 5 rings (SSSR count). The summed E-state index contributed by atoms with van der Waals surface area (Å²) in [5, 5.41) is 2.18. The van der Waals surface area contributed by atoms with Crippen LogP contribution in [0.1, 0.15) is 70.4 Å². The Morgan fingerprint density at radius 2 is 1.58 bits per heavy atom. The summed E-state index contributed by atoms with van der Waals surface area (Å²) in [5.41, 5.74) is 1.82. The van der Waals surface area contributed by atoms with Gasteiger partial charge in [0.15, 0.2) is 11.6 Å². The summed E-state index contributed by atoms with van der Waals surface area (Å²) in [6, 6.07) is 20.5. The van der Waals surface area contributed by atoms with Gasteiger partial charge in [-0.05, 0) is 65.8 Å². The molecule has 1 aliphatic carbocycles. The first-order valence-corrected chi connectivity index (χ1v) is 19.6. The normalized spacial score (nSPS) is 14.3. The number of methoxy groups -OCH3 is 1. The summed E-state index contributed by atoms with van der Waals surface area (Å²) in [6.07, 6.45) is 1.03. The second-order valence-electron chi connectivity index (χ2n) is 13.2. The van der Waals surface area contributed by atoms with Crippen molar-refractivity contribution in [1.29, 1.82) is 0 Å². The van der Waals surface area contributed by atoms with Crippen molar-refractivity contribution in [1.82, 2.24) is 9.63 Å². The third kappa shape index (κ3) is 12.4. The Morgan fingerprint density at radius 3 is 2.16 bits per heavy atom. The highest BCUT2D eigenvalue weighted by Gasteiger charge is 2.30. The van der Waals surface area contributed by atoms with Crippen LogP contribution in [0.3, 0.4) is 0 Å². The van der Waals surface area contributed by atoms with Gasteiger partial charge in [0.05, 0.1) is 28.8 Å². The minimum absolute atomic E-state index is 0.0279. The number of carbonyl (C=O) groups is 1. The lowest BCUT2D eigenvalue weighted by Crippen LogP contribution is -2.37. The summed E-state index contributed by atoms with van der Waals surface area (Å²) in [6.45, 7) is 6.96.